The molecule has 158 valence electrons. The molecule has 1 fully saturated rings. The van der Waals surface area contributed by atoms with Crippen LogP contribution in [0.3, 0.4) is 0 Å². The summed E-state index contributed by atoms with van der Waals surface area (Å²) in [5.74, 6) is -1.65. The van der Waals surface area contributed by atoms with Crippen LogP contribution in [0.4, 0.5) is 11.5 Å². The van der Waals surface area contributed by atoms with Gasteiger partial charge in [0, 0.05) is 27.8 Å². The number of hydrogen-bond acceptors (Lipinski definition) is 10. The van der Waals surface area contributed by atoms with E-state index in [0.29, 0.717) is 0 Å². The summed E-state index contributed by atoms with van der Waals surface area (Å²) in [4.78, 5) is 54.1. The molecule has 2 aliphatic rings. The van der Waals surface area contributed by atoms with Crippen molar-refractivity contribution in [1.29, 1.82) is 0 Å². The maximum absolute atomic E-state index is 12.9. The zero-order chi connectivity index (χ0) is 21.5. The highest BCUT2D eigenvalue weighted by Crippen LogP contribution is 2.36. The van der Waals surface area contributed by atoms with E-state index in [1.165, 1.54) is 34.9 Å². The number of methoxy groups -OCH3 is 1. The molecule has 0 aromatic carbocycles. The first-order valence-corrected chi connectivity index (χ1v) is 8.83. The summed E-state index contributed by atoms with van der Waals surface area (Å²) >= 11 is 0. The number of ether oxygens (including phenoxy) is 4. The lowest BCUT2D eigenvalue weighted by Crippen LogP contribution is -2.68. The number of amides is 1. The fraction of sp³-hybridized carbons (Fsp3) is 0.588. The van der Waals surface area contributed by atoms with Crippen molar-refractivity contribution in [1.82, 2.24) is 9.55 Å². The van der Waals surface area contributed by atoms with Crippen molar-refractivity contribution in [3.63, 3.8) is 0 Å². The Hall–Kier alpha value is -3.15. The van der Waals surface area contributed by atoms with Gasteiger partial charge in [-0.1, -0.05) is 0 Å². The van der Waals surface area contributed by atoms with E-state index >= 15 is 0 Å². The Bertz CT molecular complexity index is 913. The Balaban J connectivity index is 2.15. The molecule has 0 spiro atoms. The Labute approximate surface area is 165 Å². The molecule has 1 aromatic rings. The molecule has 3 heterocycles. The molecular formula is C17H22N4O8. The molecule has 1 N–H and O–H groups in total. The van der Waals surface area contributed by atoms with E-state index in [-0.39, 0.29) is 24.1 Å². The number of hydrogen-bond donors (Lipinski definition) is 1. The third-order valence-corrected chi connectivity index (χ3v) is 4.64. The van der Waals surface area contributed by atoms with Crippen LogP contribution in [-0.4, -0.2) is 65.6 Å². The van der Waals surface area contributed by atoms with Crippen LogP contribution in [0.25, 0.3) is 0 Å². The normalized spacial score (nSPS) is 25.2. The minimum absolute atomic E-state index is 0.0355. The van der Waals surface area contributed by atoms with E-state index in [1.807, 2.05) is 0 Å². The van der Waals surface area contributed by atoms with Gasteiger partial charge in [-0.3, -0.25) is 28.6 Å². The number of esters is 2. The van der Waals surface area contributed by atoms with Crippen LogP contribution in [0.2, 0.25) is 0 Å². The van der Waals surface area contributed by atoms with Crippen molar-refractivity contribution in [2.45, 2.75) is 45.2 Å². The second kappa shape index (κ2) is 7.70. The number of anilines is 2. The average Bonchev–Trinajstić information content (AvgIpc) is 2.64. The molecule has 12 nitrogen and oxygen atoms in total. The molecule has 0 bridgehead atoms. The summed E-state index contributed by atoms with van der Waals surface area (Å²) in [6, 6.07) is -0.932. The van der Waals surface area contributed by atoms with E-state index in [9.17, 15) is 19.2 Å². The largest absolute Gasteiger partial charge is 0.468 e. The van der Waals surface area contributed by atoms with Crippen molar-refractivity contribution in [3.8, 4) is 6.01 Å². The van der Waals surface area contributed by atoms with Crippen LogP contribution in [0.15, 0.2) is 4.79 Å². The second-order valence-corrected chi connectivity index (χ2v) is 6.66. The van der Waals surface area contributed by atoms with E-state index in [0.717, 1.165) is 9.47 Å². The quantitative estimate of drug-likeness (QED) is 0.627. The van der Waals surface area contributed by atoms with Gasteiger partial charge in [-0.15, -0.1) is 0 Å². The smallest absolute Gasteiger partial charge is 0.303 e. The average molecular weight is 410 g/mol. The molecule has 29 heavy (non-hydrogen) atoms. The molecule has 12 heteroatoms. The van der Waals surface area contributed by atoms with Crippen molar-refractivity contribution >= 4 is 29.4 Å². The molecular weight excluding hydrogens is 388 g/mol. The minimum atomic E-state index is -1.06. The lowest BCUT2D eigenvalue weighted by Gasteiger charge is -2.48. The van der Waals surface area contributed by atoms with Gasteiger partial charge < -0.3 is 24.3 Å². The van der Waals surface area contributed by atoms with Gasteiger partial charge in [-0.05, 0) is 0 Å². The Kier molecular flexibility index (Phi) is 5.46. The van der Waals surface area contributed by atoms with E-state index in [1.54, 1.807) is 0 Å². The van der Waals surface area contributed by atoms with Crippen LogP contribution >= 0.6 is 0 Å². The summed E-state index contributed by atoms with van der Waals surface area (Å²) in [7, 11) is 2.81. The number of fused-ring (bicyclic) bond motifs is 2. The van der Waals surface area contributed by atoms with E-state index in [2.05, 4.69) is 10.3 Å². The lowest BCUT2D eigenvalue weighted by atomic mass is 9.96. The third kappa shape index (κ3) is 3.62. The standard InChI is InChI=1S/C17H22N4O8/c1-7(22)21-11-13(29-9(3)24)10(28-8(2)23)6-27-15(11)18-14-12(21)16(25)20(4)17(19-14)26-5/h10-11,13,15,18H,6H2,1-5H3/t10-,11-,13-,15+/m1/s1. The number of aromatic nitrogens is 2. The number of carbonyl (C=O) groups excluding carboxylic acids is 3. The molecule has 1 amide bonds. The van der Waals surface area contributed by atoms with E-state index < -0.39 is 47.9 Å². The molecule has 0 radical (unpaired) electrons. The summed E-state index contributed by atoms with van der Waals surface area (Å²) in [6.45, 7) is 3.58. The maximum Gasteiger partial charge on any atom is 0.303 e. The number of nitrogens with zero attached hydrogens (tertiary/aromatic N) is 3. The molecule has 0 saturated carbocycles. The van der Waals surface area contributed by atoms with Gasteiger partial charge in [-0.2, -0.15) is 4.98 Å². The highest BCUT2D eigenvalue weighted by molar-refractivity contribution is 5.96. The van der Waals surface area contributed by atoms with Gasteiger partial charge in [0.2, 0.25) is 5.91 Å². The van der Waals surface area contributed by atoms with E-state index in [4.69, 9.17) is 18.9 Å². The number of carbonyl (C=O) groups is 3. The van der Waals surface area contributed by atoms with Crippen LogP contribution in [0.5, 0.6) is 6.01 Å². The predicted molar refractivity (Wildman–Crippen MR) is 97.4 cm³/mol. The summed E-state index contributed by atoms with van der Waals surface area (Å²) in [6.07, 6.45) is -2.89. The molecule has 2 aliphatic heterocycles. The third-order valence-electron chi connectivity index (χ3n) is 4.64. The number of nitrogens with one attached hydrogen (secondary N) is 1. The Morgan fingerprint density at radius 3 is 2.38 bits per heavy atom. The fourth-order valence-corrected chi connectivity index (χ4v) is 3.57. The van der Waals surface area contributed by atoms with Gasteiger partial charge in [0.25, 0.3) is 5.56 Å². The molecule has 3 rings (SSSR count). The summed E-state index contributed by atoms with van der Waals surface area (Å²) < 4.78 is 22.6. The molecule has 1 aromatic heterocycles. The van der Waals surface area contributed by atoms with Crippen molar-refractivity contribution in [2.24, 2.45) is 7.05 Å². The van der Waals surface area contributed by atoms with Crippen LogP contribution in [0, 0.1) is 0 Å². The first kappa shape index (κ1) is 20.6. The van der Waals surface area contributed by atoms with Crippen LogP contribution in [0.1, 0.15) is 20.8 Å². The molecule has 0 aliphatic carbocycles. The van der Waals surface area contributed by atoms with Crippen LogP contribution in [-0.2, 0) is 35.6 Å². The summed E-state index contributed by atoms with van der Waals surface area (Å²) in [5.41, 5.74) is -0.601. The zero-order valence-electron chi connectivity index (χ0n) is 16.6. The van der Waals surface area contributed by atoms with Gasteiger partial charge in [0.05, 0.1) is 13.7 Å². The highest BCUT2D eigenvalue weighted by atomic mass is 16.6. The Morgan fingerprint density at radius 1 is 1.17 bits per heavy atom. The molecule has 1 saturated heterocycles. The maximum atomic E-state index is 12.9. The predicted octanol–water partition coefficient (Wildman–Crippen LogP) is -0.844. The van der Waals surface area contributed by atoms with Crippen molar-refractivity contribution in [2.75, 3.05) is 23.9 Å². The monoisotopic (exact) mass is 410 g/mol. The lowest BCUT2D eigenvalue weighted by molar-refractivity contribution is -0.190. The molecule has 0 unspecified atom stereocenters. The zero-order valence-corrected chi connectivity index (χ0v) is 16.6. The topological polar surface area (TPSA) is 138 Å². The molecule has 4 atom stereocenters. The number of rotatable bonds is 3. The van der Waals surface area contributed by atoms with Gasteiger partial charge >= 0.3 is 17.9 Å². The van der Waals surface area contributed by atoms with Gasteiger partial charge in [-0.25, -0.2) is 0 Å². The second-order valence-electron chi connectivity index (χ2n) is 6.66. The summed E-state index contributed by atoms with van der Waals surface area (Å²) in [5, 5.41) is 2.95. The first-order chi connectivity index (χ1) is 13.6. The van der Waals surface area contributed by atoms with Crippen molar-refractivity contribution in [3.05, 3.63) is 10.4 Å². The van der Waals surface area contributed by atoms with Crippen molar-refractivity contribution < 1.29 is 33.3 Å². The Morgan fingerprint density at radius 2 is 1.83 bits per heavy atom. The van der Waals surface area contributed by atoms with Gasteiger partial charge in [0.15, 0.2) is 29.9 Å². The van der Waals surface area contributed by atoms with Crippen LogP contribution < -0.4 is 20.5 Å². The SMILES string of the molecule is COc1nc2c(c(=O)n1C)N(C(C)=O)[C@@H]1[C@H](OC(C)=O)[C@H](OC(C)=O)CO[C@@H]1N2. The first-order valence-electron chi connectivity index (χ1n) is 8.83. The fourth-order valence-electron chi connectivity index (χ4n) is 3.57. The highest BCUT2D eigenvalue weighted by Gasteiger charge is 2.52. The minimum Gasteiger partial charge on any atom is -0.468 e. The van der Waals surface area contributed by atoms with Gasteiger partial charge in [0.1, 0.15) is 6.04 Å².